The van der Waals surface area contributed by atoms with Crippen molar-refractivity contribution in [3.63, 3.8) is 0 Å². The van der Waals surface area contributed by atoms with Gasteiger partial charge in [0.2, 0.25) is 0 Å². The van der Waals surface area contributed by atoms with Crippen molar-refractivity contribution in [1.29, 1.82) is 0 Å². The second kappa shape index (κ2) is 8.78. The van der Waals surface area contributed by atoms with Crippen LogP contribution in [0.15, 0.2) is 42.5 Å². The Morgan fingerprint density at radius 1 is 1.14 bits per heavy atom. The normalized spacial score (nSPS) is 18.1. The van der Waals surface area contributed by atoms with Gasteiger partial charge in [-0.15, -0.1) is 0 Å². The monoisotopic (exact) mass is 395 g/mol. The molecule has 2 aromatic rings. The molecule has 2 aromatic carbocycles. The third-order valence-electron chi connectivity index (χ3n) is 5.36. The molecule has 0 radical (unpaired) electrons. The highest BCUT2D eigenvalue weighted by Gasteiger charge is 2.50. The number of unbranched alkanes of at least 4 members (excludes halogenated alkanes) is 2. The molecule has 0 spiro atoms. The maximum absolute atomic E-state index is 13.3. The van der Waals surface area contributed by atoms with Crippen LogP contribution in [0.25, 0.3) is 0 Å². The molecule has 1 aliphatic rings. The molecule has 0 fully saturated rings. The van der Waals surface area contributed by atoms with E-state index >= 15 is 0 Å². The van der Waals surface area contributed by atoms with Gasteiger partial charge in [-0.3, -0.25) is 9.59 Å². The Morgan fingerprint density at radius 3 is 2.62 bits per heavy atom. The molecule has 0 saturated heterocycles. The number of aryl methyl sites for hydroxylation is 1. The summed E-state index contributed by atoms with van der Waals surface area (Å²) < 4.78 is 5.96. The maximum Gasteiger partial charge on any atom is 0.264 e. The average Bonchev–Trinajstić information content (AvgIpc) is 2.89. The molecule has 0 aliphatic carbocycles. The van der Waals surface area contributed by atoms with Crippen LogP contribution in [0, 0.1) is 6.92 Å². The number of anilines is 1. The summed E-state index contributed by atoms with van der Waals surface area (Å²) in [5, 5.41) is 11.2. The van der Waals surface area contributed by atoms with E-state index in [1.165, 1.54) is 6.92 Å². The van der Waals surface area contributed by atoms with Gasteiger partial charge < -0.3 is 14.7 Å². The fourth-order valence-electron chi connectivity index (χ4n) is 3.95. The van der Waals surface area contributed by atoms with Crippen molar-refractivity contribution >= 4 is 17.4 Å². The van der Waals surface area contributed by atoms with Gasteiger partial charge >= 0.3 is 0 Å². The second-order valence-corrected chi connectivity index (χ2v) is 7.76. The van der Waals surface area contributed by atoms with Crippen LogP contribution in [0.4, 0.5) is 5.69 Å². The Morgan fingerprint density at radius 2 is 1.90 bits per heavy atom. The Balaban J connectivity index is 1.93. The molecule has 0 bridgehead atoms. The third kappa shape index (κ3) is 4.20. The molecule has 3 rings (SSSR count). The summed E-state index contributed by atoms with van der Waals surface area (Å²) in [6.45, 7) is 6.35. The molecular weight excluding hydrogens is 366 g/mol. The summed E-state index contributed by atoms with van der Waals surface area (Å²) in [7, 11) is 0. The lowest BCUT2D eigenvalue weighted by Crippen LogP contribution is -2.41. The number of rotatable bonds is 9. The van der Waals surface area contributed by atoms with Crippen molar-refractivity contribution < 1.29 is 19.4 Å². The Hall–Kier alpha value is -2.66. The Kier molecular flexibility index (Phi) is 6.38. The second-order valence-electron chi connectivity index (χ2n) is 7.76. The molecule has 1 amide bonds. The van der Waals surface area contributed by atoms with Crippen molar-refractivity contribution in [2.45, 2.75) is 58.6 Å². The molecule has 1 heterocycles. The molecule has 5 nitrogen and oxygen atoms in total. The number of ketones is 1. The number of nitrogens with zero attached hydrogens (tertiary/aromatic N) is 1. The Labute approximate surface area is 172 Å². The number of carbonyl (C=O) groups is 2. The maximum atomic E-state index is 13.3. The standard InChI is InChI=1S/C24H29NO4/c1-4-5-8-14-29-21-13-7-6-11-19(21)16-25-22-17(2)10-9-12-20(22)24(28,23(25)27)15-18(3)26/h6-7,9-13,28H,4-5,8,14-16H2,1-3H3. The van der Waals surface area contributed by atoms with Gasteiger partial charge in [-0.05, 0) is 31.9 Å². The first-order valence-corrected chi connectivity index (χ1v) is 10.2. The van der Waals surface area contributed by atoms with Gasteiger partial charge in [0.25, 0.3) is 5.91 Å². The lowest BCUT2D eigenvalue weighted by atomic mass is 9.89. The number of benzene rings is 2. The van der Waals surface area contributed by atoms with E-state index < -0.39 is 11.5 Å². The lowest BCUT2D eigenvalue weighted by Gasteiger charge is -2.23. The van der Waals surface area contributed by atoms with E-state index in [4.69, 9.17) is 4.74 Å². The van der Waals surface area contributed by atoms with E-state index in [1.54, 1.807) is 17.0 Å². The number of fused-ring (bicyclic) bond motifs is 1. The van der Waals surface area contributed by atoms with Crippen molar-refractivity contribution in [2.75, 3.05) is 11.5 Å². The summed E-state index contributed by atoms with van der Waals surface area (Å²) in [6.07, 6.45) is 2.98. The largest absolute Gasteiger partial charge is 0.493 e. The number of ether oxygens (including phenoxy) is 1. The predicted octanol–water partition coefficient (Wildman–Crippen LogP) is 4.28. The topological polar surface area (TPSA) is 66.8 Å². The minimum atomic E-state index is -1.82. The molecule has 1 N–H and O–H groups in total. The molecule has 1 unspecified atom stereocenters. The first-order valence-electron chi connectivity index (χ1n) is 10.2. The highest BCUT2D eigenvalue weighted by atomic mass is 16.5. The van der Waals surface area contributed by atoms with E-state index in [0.29, 0.717) is 17.9 Å². The summed E-state index contributed by atoms with van der Waals surface area (Å²) in [4.78, 5) is 26.6. The minimum absolute atomic E-state index is 0.227. The van der Waals surface area contributed by atoms with Crippen LogP contribution >= 0.6 is 0 Å². The predicted molar refractivity (Wildman–Crippen MR) is 113 cm³/mol. The van der Waals surface area contributed by atoms with E-state index in [9.17, 15) is 14.7 Å². The van der Waals surface area contributed by atoms with Crippen LogP contribution in [-0.4, -0.2) is 23.4 Å². The zero-order valence-corrected chi connectivity index (χ0v) is 17.4. The van der Waals surface area contributed by atoms with Crippen LogP contribution in [0.2, 0.25) is 0 Å². The third-order valence-corrected chi connectivity index (χ3v) is 5.36. The smallest absolute Gasteiger partial charge is 0.264 e. The van der Waals surface area contributed by atoms with Crippen LogP contribution in [0.3, 0.4) is 0 Å². The number of hydrogen-bond donors (Lipinski definition) is 1. The van der Waals surface area contributed by atoms with Crippen molar-refractivity contribution in [3.8, 4) is 5.75 Å². The lowest BCUT2D eigenvalue weighted by molar-refractivity contribution is -0.141. The van der Waals surface area contributed by atoms with E-state index in [-0.39, 0.29) is 18.7 Å². The van der Waals surface area contributed by atoms with Crippen molar-refractivity contribution in [2.24, 2.45) is 0 Å². The fraction of sp³-hybridized carbons (Fsp3) is 0.417. The molecule has 1 atom stereocenters. The van der Waals surface area contributed by atoms with Gasteiger partial charge in [-0.1, -0.05) is 56.2 Å². The zero-order valence-electron chi connectivity index (χ0n) is 17.4. The quantitative estimate of drug-likeness (QED) is 0.644. The fourth-order valence-corrected chi connectivity index (χ4v) is 3.95. The zero-order chi connectivity index (χ0) is 21.0. The van der Waals surface area contributed by atoms with E-state index in [2.05, 4.69) is 6.92 Å². The number of amides is 1. The number of para-hydroxylation sites is 2. The van der Waals surface area contributed by atoms with Crippen LogP contribution in [0.5, 0.6) is 5.75 Å². The summed E-state index contributed by atoms with van der Waals surface area (Å²) >= 11 is 0. The highest BCUT2D eigenvalue weighted by molar-refractivity contribution is 6.09. The average molecular weight is 395 g/mol. The Bertz CT molecular complexity index is 908. The van der Waals surface area contributed by atoms with Crippen molar-refractivity contribution in [1.82, 2.24) is 0 Å². The van der Waals surface area contributed by atoms with Crippen LogP contribution in [-0.2, 0) is 21.7 Å². The summed E-state index contributed by atoms with van der Waals surface area (Å²) in [5.74, 6) is 0.0566. The number of aliphatic hydroxyl groups is 1. The minimum Gasteiger partial charge on any atom is -0.493 e. The molecule has 0 saturated carbocycles. The number of carbonyl (C=O) groups excluding carboxylic acids is 2. The van der Waals surface area contributed by atoms with Gasteiger partial charge in [0.15, 0.2) is 5.60 Å². The molecular formula is C24H29NO4. The number of Topliss-reactive ketones (excluding diaryl/α,β-unsaturated/α-hetero) is 1. The first-order chi connectivity index (χ1) is 13.9. The van der Waals surface area contributed by atoms with Gasteiger partial charge in [0.05, 0.1) is 18.8 Å². The molecule has 154 valence electrons. The van der Waals surface area contributed by atoms with Gasteiger partial charge in [-0.25, -0.2) is 0 Å². The van der Waals surface area contributed by atoms with Gasteiger partial charge in [-0.2, -0.15) is 0 Å². The summed E-state index contributed by atoms with van der Waals surface area (Å²) in [5.41, 5.74) is 1.13. The first kappa shape index (κ1) is 21.1. The van der Waals surface area contributed by atoms with E-state index in [1.807, 2.05) is 37.3 Å². The van der Waals surface area contributed by atoms with Crippen LogP contribution < -0.4 is 9.64 Å². The SMILES string of the molecule is CCCCCOc1ccccc1CN1C(=O)C(O)(CC(C)=O)c2cccc(C)c21. The van der Waals surface area contributed by atoms with Crippen LogP contribution in [0.1, 0.15) is 56.2 Å². The number of hydrogen-bond acceptors (Lipinski definition) is 4. The molecule has 29 heavy (non-hydrogen) atoms. The highest BCUT2D eigenvalue weighted by Crippen LogP contribution is 2.45. The van der Waals surface area contributed by atoms with E-state index in [0.717, 1.165) is 36.1 Å². The molecule has 1 aliphatic heterocycles. The molecule has 0 aromatic heterocycles. The molecule has 5 heteroatoms. The summed E-state index contributed by atoms with van der Waals surface area (Å²) in [6, 6.07) is 13.1. The van der Waals surface area contributed by atoms with Crippen molar-refractivity contribution in [3.05, 3.63) is 59.2 Å². The van der Waals surface area contributed by atoms with Gasteiger partial charge in [0.1, 0.15) is 11.5 Å². The van der Waals surface area contributed by atoms with Gasteiger partial charge in [0, 0.05) is 17.5 Å².